The number of benzene rings is 2. The van der Waals surface area contributed by atoms with Gasteiger partial charge in [0.1, 0.15) is 17.4 Å². The van der Waals surface area contributed by atoms with Gasteiger partial charge in [0.25, 0.3) is 0 Å². The maximum absolute atomic E-state index is 14.7. The second-order valence-corrected chi connectivity index (χ2v) is 7.96. The predicted octanol–water partition coefficient (Wildman–Crippen LogP) is 3.74. The number of anilines is 1. The van der Waals surface area contributed by atoms with Gasteiger partial charge in [-0.15, -0.1) is 13.2 Å². The van der Waals surface area contributed by atoms with Gasteiger partial charge < -0.3 is 15.4 Å². The zero-order chi connectivity index (χ0) is 24.2. The standard InChI is InChI=1S/C21H22F5N5OS/c1-30(11-13-4-2-3-5-19(13)32-21(24,25)26)15-6-7-31(12-15)18-9-16(22)14(8-17(18)23)10-28-29-20(27)33/h2-5,8-10,15H,6-7,11-12H2,1H3,(H3,27,29,33)/b28-10+/t15-/m1/s1. The molecule has 2 aromatic carbocycles. The molecule has 0 amide bonds. The minimum absolute atomic E-state index is 0.0749. The quantitative estimate of drug-likeness (QED) is 0.269. The van der Waals surface area contributed by atoms with Crippen molar-refractivity contribution < 1.29 is 26.7 Å². The minimum Gasteiger partial charge on any atom is -0.405 e. The second-order valence-electron chi connectivity index (χ2n) is 7.52. The summed E-state index contributed by atoms with van der Waals surface area (Å²) >= 11 is 4.58. The maximum Gasteiger partial charge on any atom is 0.573 e. The molecule has 0 aliphatic carbocycles. The number of halogens is 5. The van der Waals surface area contributed by atoms with Crippen LogP contribution in [0.4, 0.5) is 27.6 Å². The van der Waals surface area contributed by atoms with Crippen molar-refractivity contribution in [3.63, 3.8) is 0 Å². The lowest BCUT2D eigenvalue weighted by Gasteiger charge is -2.26. The van der Waals surface area contributed by atoms with Crippen LogP contribution >= 0.6 is 12.2 Å². The highest BCUT2D eigenvalue weighted by atomic mass is 32.1. The Bertz CT molecular complexity index is 1030. The second kappa shape index (κ2) is 10.3. The Balaban J connectivity index is 1.68. The summed E-state index contributed by atoms with van der Waals surface area (Å²) in [5.41, 5.74) is 7.89. The molecule has 3 N–H and O–H groups in total. The minimum atomic E-state index is -4.79. The lowest BCUT2D eigenvalue weighted by molar-refractivity contribution is -0.275. The van der Waals surface area contributed by atoms with Crippen molar-refractivity contribution in [2.45, 2.75) is 25.4 Å². The van der Waals surface area contributed by atoms with Crippen molar-refractivity contribution in [3.8, 4) is 5.75 Å². The first-order chi connectivity index (χ1) is 15.5. The van der Waals surface area contributed by atoms with Crippen LogP contribution < -0.4 is 20.8 Å². The molecule has 6 nitrogen and oxygen atoms in total. The Hall–Kier alpha value is -2.99. The average molecular weight is 487 g/mol. The van der Waals surface area contributed by atoms with Gasteiger partial charge in [-0.2, -0.15) is 5.10 Å². The molecule has 0 aromatic heterocycles. The van der Waals surface area contributed by atoms with E-state index in [-0.39, 0.29) is 34.7 Å². The summed E-state index contributed by atoms with van der Waals surface area (Å²) in [4.78, 5) is 3.57. The molecule has 1 fully saturated rings. The SMILES string of the molecule is CN(Cc1ccccc1OC(F)(F)F)[C@@H]1CCN(c2cc(F)c(/C=N/NC(N)=S)cc2F)C1. The number of hydrogen-bond donors (Lipinski definition) is 2. The van der Waals surface area contributed by atoms with Gasteiger partial charge in [0.05, 0.1) is 11.9 Å². The molecule has 1 aliphatic rings. The molecule has 1 saturated heterocycles. The van der Waals surface area contributed by atoms with Gasteiger partial charge in [-0.1, -0.05) is 18.2 Å². The molecule has 1 atom stereocenters. The molecule has 2 aromatic rings. The molecule has 0 saturated carbocycles. The van der Waals surface area contributed by atoms with Crippen LogP contribution in [-0.2, 0) is 6.54 Å². The number of nitrogens with zero attached hydrogens (tertiary/aromatic N) is 3. The number of rotatable bonds is 7. The number of ether oxygens (including phenoxy) is 1. The van der Waals surface area contributed by atoms with E-state index in [9.17, 15) is 22.0 Å². The summed E-state index contributed by atoms with van der Waals surface area (Å²) in [6, 6.07) is 7.95. The van der Waals surface area contributed by atoms with Crippen LogP contribution in [0.3, 0.4) is 0 Å². The van der Waals surface area contributed by atoms with Crippen LogP contribution in [0.5, 0.6) is 5.75 Å². The summed E-state index contributed by atoms with van der Waals surface area (Å²) in [7, 11) is 1.77. The third-order valence-electron chi connectivity index (χ3n) is 5.19. The first-order valence-corrected chi connectivity index (χ1v) is 10.3. The first kappa shape index (κ1) is 24.6. The van der Waals surface area contributed by atoms with Crippen LogP contribution in [0.15, 0.2) is 41.5 Å². The summed E-state index contributed by atoms with van der Waals surface area (Å²) in [6.45, 7) is 1.04. The zero-order valence-electron chi connectivity index (χ0n) is 17.6. The van der Waals surface area contributed by atoms with E-state index >= 15 is 0 Å². The monoisotopic (exact) mass is 487 g/mol. The molecule has 12 heteroatoms. The van der Waals surface area contributed by atoms with E-state index in [0.29, 0.717) is 25.1 Å². The van der Waals surface area contributed by atoms with Gasteiger partial charge in [0, 0.05) is 42.9 Å². The Kier molecular flexibility index (Phi) is 7.69. The van der Waals surface area contributed by atoms with Gasteiger partial charge in [0.2, 0.25) is 0 Å². The number of thiocarbonyl (C=S) groups is 1. The van der Waals surface area contributed by atoms with Crippen LogP contribution in [0.1, 0.15) is 17.5 Å². The molecule has 0 radical (unpaired) electrons. The van der Waals surface area contributed by atoms with Crippen LogP contribution in [-0.4, -0.2) is 48.8 Å². The van der Waals surface area contributed by atoms with Gasteiger partial charge in [0.15, 0.2) is 5.11 Å². The van der Waals surface area contributed by atoms with E-state index < -0.39 is 18.0 Å². The molecule has 1 aliphatic heterocycles. The smallest absolute Gasteiger partial charge is 0.405 e. The number of para-hydroxylation sites is 1. The maximum atomic E-state index is 14.7. The van der Waals surface area contributed by atoms with Crippen molar-refractivity contribution in [2.24, 2.45) is 10.8 Å². The Morgan fingerprint density at radius 3 is 2.73 bits per heavy atom. The molecule has 0 spiro atoms. The van der Waals surface area contributed by atoms with E-state index in [0.717, 1.165) is 18.3 Å². The first-order valence-electron chi connectivity index (χ1n) is 9.90. The highest BCUT2D eigenvalue weighted by Crippen LogP contribution is 2.30. The molecular weight excluding hydrogens is 465 g/mol. The van der Waals surface area contributed by atoms with E-state index in [1.807, 2.05) is 4.90 Å². The van der Waals surface area contributed by atoms with E-state index in [1.54, 1.807) is 24.1 Å². The largest absolute Gasteiger partial charge is 0.573 e. The highest BCUT2D eigenvalue weighted by molar-refractivity contribution is 7.80. The topological polar surface area (TPSA) is 66.1 Å². The summed E-state index contributed by atoms with van der Waals surface area (Å²) in [6.07, 6.45) is -3.09. The van der Waals surface area contributed by atoms with Crippen molar-refractivity contribution in [1.82, 2.24) is 10.3 Å². The van der Waals surface area contributed by atoms with E-state index in [2.05, 4.69) is 27.5 Å². The third kappa shape index (κ3) is 6.75. The van der Waals surface area contributed by atoms with E-state index in [1.165, 1.54) is 12.1 Å². The van der Waals surface area contributed by atoms with Crippen molar-refractivity contribution in [2.75, 3.05) is 25.0 Å². The predicted molar refractivity (Wildman–Crippen MR) is 119 cm³/mol. The molecule has 0 unspecified atom stereocenters. The van der Waals surface area contributed by atoms with Gasteiger partial charge in [-0.25, -0.2) is 8.78 Å². The number of likely N-dealkylation sites (N-methyl/N-ethyl adjacent to an activating group) is 1. The number of hydrogen-bond acceptors (Lipinski definition) is 5. The summed E-state index contributed by atoms with van der Waals surface area (Å²) in [5, 5.41) is 3.52. The van der Waals surface area contributed by atoms with Crippen molar-refractivity contribution in [3.05, 3.63) is 59.2 Å². The molecule has 0 bridgehead atoms. The van der Waals surface area contributed by atoms with Gasteiger partial charge in [-0.3, -0.25) is 10.3 Å². The fraction of sp³-hybridized carbons (Fsp3) is 0.333. The van der Waals surface area contributed by atoms with Gasteiger partial charge >= 0.3 is 6.36 Å². The molecular formula is C21H22F5N5OS. The van der Waals surface area contributed by atoms with Crippen molar-refractivity contribution in [1.29, 1.82) is 0 Å². The van der Waals surface area contributed by atoms with Crippen LogP contribution in [0, 0.1) is 11.6 Å². The highest BCUT2D eigenvalue weighted by Gasteiger charge is 2.33. The third-order valence-corrected chi connectivity index (χ3v) is 5.28. The van der Waals surface area contributed by atoms with Crippen LogP contribution in [0.25, 0.3) is 0 Å². The van der Waals surface area contributed by atoms with E-state index in [4.69, 9.17) is 5.73 Å². The average Bonchev–Trinajstić information content (AvgIpc) is 3.20. The van der Waals surface area contributed by atoms with Crippen molar-refractivity contribution >= 4 is 29.2 Å². The Labute approximate surface area is 192 Å². The number of alkyl halides is 3. The lowest BCUT2D eigenvalue weighted by atomic mass is 10.1. The van der Waals surface area contributed by atoms with Crippen LogP contribution in [0.2, 0.25) is 0 Å². The Morgan fingerprint density at radius 1 is 1.30 bits per heavy atom. The molecule has 3 rings (SSSR count). The Morgan fingerprint density at radius 2 is 2.03 bits per heavy atom. The van der Waals surface area contributed by atoms with Gasteiger partial charge in [-0.05, 0) is 37.8 Å². The summed E-state index contributed by atoms with van der Waals surface area (Å²) < 4.78 is 71.2. The lowest BCUT2D eigenvalue weighted by Crippen LogP contribution is -2.34. The fourth-order valence-electron chi connectivity index (χ4n) is 3.64. The molecule has 178 valence electrons. The normalized spacial score (nSPS) is 16.6. The molecule has 1 heterocycles. The summed E-state index contributed by atoms with van der Waals surface area (Å²) in [5.74, 6) is -1.56. The number of hydrazone groups is 1. The number of nitrogens with one attached hydrogen (secondary N) is 1. The zero-order valence-corrected chi connectivity index (χ0v) is 18.4. The number of nitrogens with two attached hydrogens (primary N) is 1. The fourth-order valence-corrected chi connectivity index (χ4v) is 3.69. The molecule has 33 heavy (non-hydrogen) atoms.